The first-order valence-corrected chi connectivity index (χ1v) is 5.56. The third kappa shape index (κ3) is 4.00. The smallest absolute Gasteiger partial charge is 0.375 e. The van der Waals surface area contributed by atoms with E-state index in [0.717, 1.165) is 6.33 Å². The lowest BCUT2D eigenvalue weighted by atomic mass is 10.4. The van der Waals surface area contributed by atoms with Crippen molar-refractivity contribution in [1.82, 2.24) is 9.97 Å². The molecule has 1 aromatic rings. The first-order chi connectivity index (χ1) is 9.11. The average Bonchev–Trinajstić information content (AvgIpc) is 2.38. The minimum absolute atomic E-state index is 0.0165. The molecule has 0 amide bonds. The number of nitro groups is 1. The summed E-state index contributed by atoms with van der Waals surface area (Å²) in [7, 11) is 3.04. The Morgan fingerprint density at radius 1 is 1.37 bits per heavy atom. The number of H-pyrrole nitrogens is 1. The molecule has 0 aliphatic rings. The number of ether oxygens (including phenoxy) is 2. The Morgan fingerprint density at radius 2 is 1.95 bits per heavy atom. The molecule has 0 saturated carbocycles. The highest BCUT2D eigenvalue weighted by molar-refractivity contribution is 5.55. The summed E-state index contributed by atoms with van der Waals surface area (Å²) in [6.07, 6.45) is 1.14. The first kappa shape index (κ1) is 15.1. The molecular formula is C10H16N4O5. The SMILES string of the molecule is COCCN(CCOC)c1nc[nH]c(=O)c1[N+](=O)[O-]. The molecule has 0 atom stereocenters. The van der Waals surface area contributed by atoms with E-state index in [-0.39, 0.29) is 5.82 Å². The monoisotopic (exact) mass is 272 g/mol. The molecule has 9 nitrogen and oxygen atoms in total. The minimum Gasteiger partial charge on any atom is -0.383 e. The van der Waals surface area contributed by atoms with E-state index in [1.807, 2.05) is 0 Å². The van der Waals surface area contributed by atoms with Gasteiger partial charge in [0, 0.05) is 27.3 Å². The molecule has 0 aromatic carbocycles. The van der Waals surface area contributed by atoms with E-state index in [4.69, 9.17) is 9.47 Å². The van der Waals surface area contributed by atoms with Crippen LogP contribution in [0.3, 0.4) is 0 Å². The van der Waals surface area contributed by atoms with Crippen molar-refractivity contribution in [2.45, 2.75) is 0 Å². The largest absolute Gasteiger partial charge is 0.383 e. The third-order valence-corrected chi connectivity index (χ3v) is 2.42. The molecule has 106 valence electrons. The number of hydrogen-bond donors (Lipinski definition) is 1. The van der Waals surface area contributed by atoms with E-state index >= 15 is 0 Å². The topological polar surface area (TPSA) is 111 Å². The van der Waals surface area contributed by atoms with Crippen LogP contribution in [-0.2, 0) is 9.47 Å². The van der Waals surface area contributed by atoms with Gasteiger partial charge in [-0.1, -0.05) is 0 Å². The fourth-order valence-corrected chi connectivity index (χ4v) is 1.51. The standard InChI is InChI=1S/C10H16N4O5/c1-18-5-3-13(4-6-19-2)9-8(14(16)17)10(15)12-7-11-9/h7H,3-6H2,1-2H3,(H,11,12,15). The van der Waals surface area contributed by atoms with Crippen LogP contribution < -0.4 is 10.5 Å². The molecule has 9 heteroatoms. The maximum Gasteiger partial charge on any atom is 0.375 e. The molecule has 1 rings (SSSR count). The van der Waals surface area contributed by atoms with Gasteiger partial charge in [-0.2, -0.15) is 0 Å². The lowest BCUT2D eigenvalue weighted by molar-refractivity contribution is -0.385. The Morgan fingerprint density at radius 3 is 2.42 bits per heavy atom. The molecule has 0 bridgehead atoms. The van der Waals surface area contributed by atoms with Gasteiger partial charge in [0.05, 0.1) is 24.5 Å². The number of rotatable bonds is 8. The maximum atomic E-state index is 11.5. The molecule has 0 aliphatic carbocycles. The Balaban J connectivity index is 3.09. The van der Waals surface area contributed by atoms with Crippen molar-refractivity contribution in [3.8, 4) is 0 Å². The Labute approximate surface area is 109 Å². The molecule has 0 radical (unpaired) electrons. The summed E-state index contributed by atoms with van der Waals surface area (Å²) in [4.78, 5) is 29.4. The van der Waals surface area contributed by atoms with Crippen LogP contribution in [0.5, 0.6) is 0 Å². The summed E-state index contributed by atoms with van der Waals surface area (Å²) in [5.74, 6) is 0.0165. The quantitative estimate of drug-likeness (QED) is 0.514. The van der Waals surface area contributed by atoms with Crippen molar-refractivity contribution in [3.63, 3.8) is 0 Å². The van der Waals surface area contributed by atoms with Crippen molar-refractivity contribution in [2.75, 3.05) is 45.4 Å². The van der Waals surface area contributed by atoms with Gasteiger partial charge >= 0.3 is 11.2 Å². The van der Waals surface area contributed by atoms with Gasteiger partial charge in [0.1, 0.15) is 0 Å². The number of aromatic amines is 1. The maximum absolute atomic E-state index is 11.5. The van der Waals surface area contributed by atoms with E-state index in [1.165, 1.54) is 14.2 Å². The molecular weight excluding hydrogens is 256 g/mol. The fourth-order valence-electron chi connectivity index (χ4n) is 1.51. The zero-order chi connectivity index (χ0) is 14.3. The predicted octanol–water partition coefficient (Wildman–Crippen LogP) is -0.223. The summed E-state index contributed by atoms with van der Waals surface area (Å²) in [6.45, 7) is 1.46. The molecule has 1 N–H and O–H groups in total. The van der Waals surface area contributed by atoms with Crippen LogP contribution in [0.15, 0.2) is 11.1 Å². The predicted molar refractivity (Wildman–Crippen MR) is 67.5 cm³/mol. The molecule has 0 saturated heterocycles. The highest BCUT2D eigenvalue weighted by Crippen LogP contribution is 2.19. The van der Waals surface area contributed by atoms with Crippen LogP contribution in [0.25, 0.3) is 0 Å². The Kier molecular flexibility index (Phi) is 5.90. The highest BCUT2D eigenvalue weighted by Gasteiger charge is 2.25. The minimum atomic E-state index is -0.783. The van der Waals surface area contributed by atoms with Crippen LogP contribution in [-0.4, -0.2) is 55.4 Å². The van der Waals surface area contributed by atoms with Crippen LogP contribution in [0.2, 0.25) is 0 Å². The molecule has 0 spiro atoms. The van der Waals surface area contributed by atoms with Crippen LogP contribution in [0, 0.1) is 10.1 Å². The number of nitrogens with one attached hydrogen (secondary N) is 1. The summed E-state index contributed by atoms with van der Waals surface area (Å²) < 4.78 is 9.88. The van der Waals surface area contributed by atoms with Gasteiger partial charge in [-0.3, -0.25) is 14.9 Å². The molecule has 0 aliphatic heterocycles. The molecule has 1 heterocycles. The lowest BCUT2D eigenvalue weighted by Crippen LogP contribution is -2.33. The second kappa shape index (κ2) is 7.44. The van der Waals surface area contributed by atoms with Crippen molar-refractivity contribution in [3.05, 3.63) is 26.8 Å². The van der Waals surface area contributed by atoms with Gasteiger partial charge in [0.25, 0.3) is 0 Å². The Bertz CT molecular complexity index is 467. The van der Waals surface area contributed by atoms with Gasteiger partial charge in [0.2, 0.25) is 5.82 Å². The third-order valence-electron chi connectivity index (χ3n) is 2.42. The van der Waals surface area contributed by atoms with Gasteiger partial charge in [-0.25, -0.2) is 4.98 Å². The fraction of sp³-hybridized carbons (Fsp3) is 0.600. The van der Waals surface area contributed by atoms with Gasteiger partial charge in [-0.15, -0.1) is 0 Å². The van der Waals surface area contributed by atoms with E-state index in [0.29, 0.717) is 26.3 Å². The van der Waals surface area contributed by atoms with Crippen molar-refractivity contribution in [1.29, 1.82) is 0 Å². The number of aromatic nitrogens is 2. The van der Waals surface area contributed by atoms with E-state index < -0.39 is 16.2 Å². The van der Waals surface area contributed by atoms with Crippen LogP contribution >= 0.6 is 0 Å². The lowest BCUT2D eigenvalue weighted by Gasteiger charge is -2.22. The molecule has 1 aromatic heterocycles. The summed E-state index contributed by atoms with van der Waals surface area (Å²) in [6, 6.07) is 0. The normalized spacial score (nSPS) is 10.4. The van der Waals surface area contributed by atoms with E-state index in [2.05, 4.69) is 9.97 Å². The van der Waals surface area contributed by atoms with Crippen LogP contribution in [0.1, 0.15) is 0 Å². The average molecular weight is 272 g/mol. The van der Waals surface area contributed by atoms with Gasteiger partial charge < -0.3 is 19.4 Å². The van der Waals surface area contributed by atoms with Crippen LogP contribution in [0.4, 0.5) is 11.5 Å². The number of nitrogens with zero attached hydrogens (tertiary/aromatic N) is 3. The van der Waals surface area contributed by atoms with E-state index in [1.54, 1.807) is 4.90 Å². The van der Waals surface area contributed by atoms with E-state index in [9.17, 15) is 14.9 Å². The second-order valence-corrected chi connectivity index (χ2v) is 3.63. The van der Waals surface area contributed by atoms with Crippen molar-refractivity contribution < 1.29 is 14.4 Å². The van der Waals surface area contributed by atoms with Gasteiger partial charge in [-0.05, 0) is 0 Å². The zero-order valence-corrected chi connectivity index (χ0v) is 10.8. The molecule has 19 heavy (non-hydrogen) atoms. The van der Waals surface area contributed by atoms with Gasteiger partial charge in [0.15, 0.2) is 0 Å². The number of anilines is 1. The second-order valence-electron chi connectivity index (χ2n) is 3.63. The highest BCUT2D eigenvalue weighted by atomic mass is 16.6. The molecule has 0 unspecified atom stereocenters. The Hall–Kier alpha value is -2.00. The number of hydrogen-bond acceptors (Lipinski definition) is 7. The first-order valence-electron chi connectivity index (χ1n) is 5.56. The summed E-state index contributed by atoms with van der Waals surface area (Å²) in [5, 5.41) is 11.0. The zero-order valence-electron chi connectivity index (χ0n) is 10.8. The number of methoxy groups -OCH3 is 2. The van der Waals surface area contributed by atoms with Crippen molar-refractivity contribution in [2.24, 2.45) is 0 Å². The summed E-state index contributed by atoms with van der Waals surface area (Å²) >= 11 is 0. The summed E-state index contributed by atoms with van der Waals surface area (Å²) in [5.41, 5.74) is -1.36. The van der Waals surface area contributed by atoms with Crippen molar-refractivity contribution >= 4 is 11.5 Å². The molecule has 0 fully saturated rings.